The summed E-state index contributed by atoms with van der Waals surface area (Å²) in [5, 5.41) is 9.12. The predicted molar refractivity (Wildman–Crippen MR) is 72.3 cm³/mol. The van der Waals surface area contributed by atoms with Gasteiger partial charge in [-0.25, -0.2) is 4.79 Å². The minimum atomic E-state index is -1.11. The summed E-state index contributed by atoms with van der Waals surface area (Å²) in [6.07, 6.45) is 0.894. The lowest BCUT2D eigenvalue weighted by Crippen LogP contribution is -2.28. The number of hydrogen-bond donors (Lipinski definition) is 2. The molecule has 6 heteroatoms. The highest BCUT2D eigenvalue weighted by Gasteiger charge is 2.18. The summed E-state index contributed by atoms with van der Waals surface area (Å²) < 4.78 is 4.87. The highest BCUT2D eigenvalue weighted by atomic mass is 16.5. The van der Waals surface area contributed by atoms with E-state index in [2.05, 4.69) is 0 Å². The van der Waals surface area contributed by atoms with E-state index in [9.17, 15) is 9.59 Å². The summed E-state index contributed by atoms with van der Waals surface area (Å²) in [5.41, 5.74) is 6.26. The monoisotopic (exact) mass is 266 g/mol. The van der Waals surface area contributed by atoms with E-state index < -0.39 is 5.97 Å². The number of carbonyl (C=O) groups is 2. The summed E-state index contributed by atoms with van der Waals surface area (Å²) >= 11 is 0. The number of benzene rings is 1. The second-order valence-electron chi connectivity index (χ2n) is 4.13. The van der Waals surface area contributed by atoms with Gasteiger partial charge in [-0.15, -0.1) is 0 Å². The van der Waals surface area contributed by atoms with Crippen LogP contribution in [-0.2, 0) is 9.53 Å². The first-order valence-corrected chi connectivity index (χ1v) is 5.85. The van der Waals surface area contributed by atoms with Gasteiger partial charge in [0.15, 0.2) is 0 Å². The summed E-state index contributed by atoms with van der Waals surface area (Å²) in [6.45, 7) is 0.493. The van der Waals surface area contributed by atoms with Gasteiger partial charge in [-0.05, 0) is 24.6 Å². The molecule has 104 valence electrons. The van der Waals surface area contributed by atoms with Gasteiger partial charge in [-0.3, -0.25) is 4.79 Å². The van der Waals surface area contributed by atoms with Crippen molar-refractivity contribution in [1.29, 1.82) is 0 Å². The number of hydrogen-bond acceptors (Lipinski definition) is 4. The van der Waals surface area contributed by atoms with E-state index in [0.717, 1.165) is 0 Å². The van der Waals surface area contributed by atoms with E-state index >= 15 is 0 Å². The van der Waals surface area contributed by atoms with E-state index in [1.807, 2.05) is 0 Å². The number of ether oxygens (including phenoxy) is 1. The molecule has 0 aromatic heterocycles. The Balaban J connectivity index is 2.89. The number of aromatic carboxylic acids is 1. The number of anilines is 2. The molecule has 3 N–H and O–H groups in total. The molecule has 6 nitrogen and oxygen atoms in total. The van der Waals surface area contributed by atoms with Gasteiger partial charge in [0.1, 0.15) is 0 Å². The molecular weight excluding hydrogens is 248 g/mol. The summed E-state index contributed by atoms with van der Waals surface area (Å²) in [6, 6.07) is 4.45. The highest BCUT2D eigenvalue weighted by molar-refractivity contribution is 6.02. The van der Waals surface area contributed by atoms with Crippen LogP contribution < -0.4 is 10.6 Å². The summed E-state index contributed by atoms with van der Waals surface area (Å²) in [7, 11) is 3.11. The normalized spacial score (nSPS) is 10.2. The van der Waals surface area contributed by atoms with Crippen molar-refractivity contribution in [3.05, 3.63) is 23.8 Å². The largest absolute Gasteiger partial charge is 0.478 e. The maximum Gasteiger partial charge on any atom is 0.337 e. The van der Waals surface area contributed by atoms with Crippen molar-refractivity contribution in [1.82, 2.24) is 0 Å². The molecule has 0 aliphatic carbocycles. The van der Waals surface area contributed by atoms with Crippen molar-refractivity contribution in [3.63, 3.8) is 0 Å². The number of rotatable bonds is 6. The Morgan fingerprint density at radius 2 is 2.11 bits per heavy atom. The number of methoxy groups -OCH3 is 1. The second-order valence-corrected chi connectivity index (χ2v) is 4.13. The van der Waals surface area contributed by atoms with E-state index in [0.29, 0.717) is 30.8 Å². The van der Waals surface area contributed by atoms with Gasteiger partial charge < -0.3 is 20.5 Å². The number of nitrogens with two attached hydrogens (primary N) is 1. The van der Waals surface area contributed by atoms with Crippen LogP contribution in [0.1, 0.15) is 23.2 Å². The smallest absolute Gasteiger partial charge is 0.337 e. The average molecular weight is 266 g/mol. The molecule has 0 unspecified atom stereocenters. The average Bonchev–Trinajstić information content (AvgIpc) is 2.38. The maximum absolute atomic E-state index is 11.9. The topological polar surface area (TPSA) is 92.9 Å². The van der Waals surface area contributed by atoms with Crippen LogP contribution >= 0.6 is 0 Å². The Bertz CT molecular complexity index is 474. The molecule has 0 radical (unpaired) electrons. The fraction of sp³-hybridized carbons (Fsp3) is 0.385. The van der Waals surface area contributed by atoms with Gasteiger partial charge in [0.25, 0.3) is 0 Å². The molecule has 0 atom stereocenters. The molecule has 1 amide bonds. The number of nitrogens with zero attached hydrogens (tertiary/aromatic N) is 1. The lowest BCUT2D eigenvalue weighted by molar-refractivity contribution is -0.118. The van der Waals surface area contributed by atoms with Crippen LogP contribution in [-0.4, -0.2) is 37.7 Å². The molecule has 0 bridgehead atoms. The first-order valence-electron chi connectivity index (χ1n) is 5.85. The Labute approximate surface area is 111 Å². The number of carbonyl (C=O) groups excluding carboxylic acids is 1. The second kappa shape index (κ2) is 6.75. The summed E-state index contributed by atoms with van der Waals surface area (Å²) in [5.74, 6) is -1.27. The van der Waals surface area contributed by atoms with Crippen molar-refractivity contribution in [2.75, 3.05) is 31.4 Å². The number of nitrogen functional groups attached to an aromatic ring is 1. The van der Waals surface area contributed by atoms with Crippen LogP contribution in [0.15, 0.2) is 18.2 Å². The molecule has 1 aromatic carbocycles. The van der Waals surface area contributed by atoms with E-state index in [1.54, 1.807) is 20.2 Å². The third-order valence-corrected chi connectivity index (χ3v) is 2.73. The van der Waals surface area contributed by atoms with E-state index in [1.165, 1.54) is 17.0 Å². The Kier molecular flexibility index (Phi) is 5.32. The maximum atomic E-state index is 11.9. The molecule has 0 aliphatic rings. The molecule has 0 heterocycles. The van der Waals surface area contributed by atoms with Gasteiger partial charge in [0.2, 0.25) is 5.91 Å². The lowest BCUT2D eigenvalue weighted by atomic mass is 10.1. The van der Waals surface area contributed by atoms with Gasteiger partial charge in [0, 0.05) is 32.9 Å². The zero-order chi connectivity index (χ0) is 14.4. The molecule has 0 spiro atoms. The Hall–Kier alpha value is -2.08. The molecule has 0 saturated carbocycles. The van der Waals surface area contributed by atoms with Crippen LogP contribution in [0.5, 0.6) is 0 Å². The van der Waals surface area contributed by atoms with Crippen molar-refractivity contribution < 1.29 is 19.4 Å². The standard InChI is InChI=1S/C13H18N2O4/c1-15(12(16)4-3-7-19-2)11-6-5-9(14)8-10(11)13(17)18/h5-6,8H,3-4,7,14H2,1-2H3,(H,17,18). The van der Waals surface area contributed by atoms with E-state index in [4.69, 9.17) is 15.6 Å². The van der Waals surface area contributed by atoms with E-state index in [-0.39, 0.29) is 11.5 Å². The lowest BCUT2D eigenvalue weighted by Gasteiger charge is -2.19. The molecule has 0 saturated heterocycles. The van der Waals surface area contributed by atoms with Crippen LogP contribution in [0.4, 0.5) is 11.4 Å². The first kappa shape index (κ1) is 15.0. The number of amides is 1. The molecular formula is C13H18N2O4. The number of carboxylic acid groups (broad SMARTS) is 1. The zero-order valence-corrected chi connectivity index (χ0v) is 11.0. The van der Waals surface area contributed by atoms with Crippen molar-refractivity contribution >= 4 is 23.3 Å². The fourth-order valence-corrected chi connectivity index (χ4v) is 1.69. The van der Waals surface area contributed by atoms with Crippen molar-refractivity contribution in [2.45, 2.75) is 12.8 Å². The van der Waals surface area contributed by atoms with Gasteiger partial charge in [-0.2, -0.15) is 0 Å². The van der Waals surface area contributed by atoms with Crippen LogP contribution in [0, 0.1) is 0 Å². The quantitative estimate of drug-likeness (QED) is 0.599. The Morgan fingerprint density at radius 3 is 2.68 bits per heavy atom. The fourth-order valence-electron chi connectivity index (χ4n) is 1.69. The SMILES string of the molecule is COCCCC(=O)N(C)c1ccc(N)cc1C(=O)O. The number of carboxylic acids is 1. The van der Waals surface area contributed by atoms with Gasteiger partial charge in [0.05, 0.1) is 11.3 Å². The molecule has 19 heavy (non-hydrogen) atoms. The highest BCUT2D eigenvalue weighted by Crippen LogP contribution is 2.23. The third-order valence-electron chi connectivity index (χ3n) is 2.73. The van der Waals surface area contributed by atoms with Crippen molar-refractivity contribution in [2.24, 2.45) is 0 Å². The zero-order valence-electron chi connectivity index (χ0n) is 11.0. The third kappa shape index (κ3) is 3.96. The predicted octanol–water partition coefficient (Wildman–Crippen LogP) is 1.36. The van der Waals surface area contributed by atoms with Crippen molar-refractivity contribution in [3.8, 4) is 0 Å². The van der Waals surface area contributed by atoms with Gasteiger partial charge in [-0.1, -0.05) is 0 Å². The van der Waals surface area contributed by atoms with Gasteiger partial charge >= 0.3 is 5.97 Å². The van der Waals surface area contributed by atoms with Crippen LogP contribution in [0.3, 0.4) is 0 Å². The minimum Gasteiger partial charge on any atom is -0.478 e. The summed E-state index contributed by atoms with van der Waals surface area (Å²) in [4.78, 5) is 24.4. The Morgan fingerprint density at radius 1 is 1.42 bits per heavy atom. The van der Waals surface area contributed by atoms with Crippen LogP contribution in [0.2, 0.25) is 0 Å². The van der Waals surface area contributed by atoms with Crippen LogP contribution in [0.25, 0.3) is 0 Å². The first-order chi connectivity index (χ1) is 8.97. The molecule has 1 aromatic rings. The minimum absolute atomic E-state index is 0.0163. The molecule has 1 rings (SSSR count). The molecule has 0 fully saturated rings. The molecule has 0 aliphatic heterocycles.